The molecule has 1 heterocycles. The van der Waals surface area contributed by atoms with Gasteiger partial charge in [-0.25, -0.2) is 9.37 Å². The van der Waals surface area contributed by atoms with Crippen molar-refractivity contribution in [2.24, 2.45) is 0 Å². The highest BCUT2D eigenvalue weighted by atomic mass is 32.2. The van der Waals surface area contributed by atoms with Crippen molar-refractivity contribution < 1.29 is 9.18 Å². The molecule has 0 atom stereocenters. The maximum Gasteiger partial charge on any atom is 0.171 e. The van der Waals surface area contributed by atoms with E-state index in [1.165, 1.54) is 24.3 Å². The molecule has 0 N–H and O–H groups in total. The third-order valence-corrected chi connectivity index (χ3v) is 4.82. The van der Waals surface area contributed by atoms with Gasteiger partial charge in [-0.1, -0.05) is 13.0 Å². The van der Waals surface area contributed by atoms with Crippen LogP contribution in [0.5, 0.6) is 0 Å². The van der Waals surface area contributed by atoms with Crippen LogP contribution in [0.2, 0.25) is 0 Å². The van der Waals surface area contributed by atoms with E-state index in [4.69, 9.17) is 0 Å². The molecule has 0 saturated heterocycles. The fourth-order valence-electron chi connectivity index (χ4n) is 1.82. The molecule has 0 unspecified atom stereocenters. The van der Waals surface area contributed by atoms with E-state index in [9.17, 15) is 9.18 Å². The lowest BCUT2D eigenvalue weighted by Crippen LogP contribution is -1.89. The van der Waals surface area contributed by atoms with E-state index in [2.05, 4.69) is 4.98 Å². The number of rotatable bonds is 4. The van der Waals surface area contributed by atoms with Crippen molar-refractivity contribution in [3.8, 4) is 10.6 Å². The third-order valence-electron chi connectivity index (χ3n) is 2.61. The summed E-state index contributed by atoms with van der Waals surface area (Å²) in [6.45, 7) is 5.31. The predicted molar refractivity (Wildman–Crippen MR) is 78.6 cm³/mol. The number of carbonyl (C=O) groups is 1. The normalized spacial score (nSPS) is 10.7. The lowest BCUT2D eigenvalue weighted by molar-refractivity contribution is 0.102. The molecular weight excluding hydrogens is 281 g/mol. The second kappa shape index (κ2) is 5.84. The van der Waals surface area contributed by atoms with Crippen LogP contribution >= 0.6 is 23.1 Å². The fourth-order valence-corrected chi connectivity index (χ4v) is 3.73. The molecule has 0 aliphatic rings. The highest BCUT2D eigenvalue weighted by molar-refractivity contribution is 7.99. The molecule has 5 heteroatoms. The number of thioether (sulfide) groups is 1. The minimum Gasteiger partial charge on any atom is -0.294 e. The second-order valence-electron chi connectivity index (χ2n) is 4.04. The summed E-state index contributed by atoms with van der Waals surface area (Å²) >= 11 is 2.84. The third kappa shape index (κ3) is 2.87. The SMILES string of the molecule is CCSc1cccc(F)c1-c1nc(C)c(C(C)=O)s1. The highest BCUT2D eigenvalue weighted by Gasteiger charge is 2.18. The smallest absolute Gasteiger partial charge is 0.171 e. The van der Waals surface area contributed by atoms with Crippen molar-refractivity contribution in [2.75, 3.05) is 5.75 Å². The number of nitrogens with zero attached hydrogens (tertiary/aromatic N) is 1. The molecule has 0 spiro atoms. The molecule has 2 nitrogen and oxygen atoms in total. The molecular formula is C14H14FNOS2. The predicted octanol–water partition coefficient (Wildman–Crippen LogP) is 4.57. The topological polar surface area (TPSA) is 30.0 Å². The van der Waals surface area contributed by atoms with Gasteiger partial charge < -0.3 is 0 Å². The standard InChI is InChI=1S/C14H14FNOS2/c1-4-18-11-7-5-6-10(15)12(11)14-16-8(2)13(19-14)9(3)17/h5-7H,4H2,1-3H3. The molecule has 1 aromatic heterocycles. The zero-order chi connectivity index (χ0) is 14.0. The quantitative estimate of drug-likeness (QED) is 0.611. The summed E-state index contributed by atoms with van der Waals surface area (Å²) in [5.74, 6) is 0.546. The average molecular weight is 295 g/mol. The number of carbonyl (C=O) groups excluding carboxylic acids is 1. The molecule has 0 saturated carbocycles. The Balaban J connectivity index is 2.58. The van der Waals surface area contributed by atoms with Gasteiger partial charge in [0.05, 0.1) is 16.1 Å². The zero-order valence-corrected chi connectivity index (χ0v) is 12.6. The second-order valence-corrected chi connectivity index (χ2v) is 6.34. The van der Waals surface area contributed by atoms with Crippen molar-refractivity contribution in [3.05, 3.63) is 34.6 Å². The van der Waals surface area contributed by atoms with Crippen LogP contribution in [0.4, 0.5) is 4.39 Å². The molecule has 0 aliphatic carbocycles. The van der Waals surface area contributed by atoms with Gasteiger partial charge in [0.2, 0.25) is 0 Å². The maximum absolute atomic E-state index is 14.1. The number of hydrogen-bond donors (Lipinski definition) is 0. The van der Waals surface area contributed by atoms with Gasteiger partial charge in [-0.2, -0.15) is 0 Å². The zero-order valence-electron chi connectivity index (χ0n) is 11.0. The fraction of sp³-hybridized carbons (Fsp3) is 0.286. The van der Waals surface area contributed by atoms with Crippen molar-refractivity contribution >= 4 is 28.9 Å². The molecule has 0 amide bonds. The van der Waals surface area contributed by atoms with Crippen LogP contribution in [-0.4, -0.2) is 16.5 Å². The summed E-state index contributed by atoms with van der Waals surface area (Å²) in [5, 5.41) is 0.580. The Kier molecular flexibility index (Phi) is 4.37. The Morgan fingerprint density at radius 3 is 2.79 bits per heavy atom. The number of thiazole rings is 1. The first kappa shape index (κ1) is 14.2. The molecule has 0 fully saturated rings. The molecule has 100 valence electrons. The Labute approximate surface area is 120 Å². The maximum atomic E-state index is 14.1. The molecule has 2 rings (SSSR count). The van der Waals surface area contributed by atoms with E-state index >= 15 is 0 Å². The first-order valence-electron chi connectivity index (χ1n) is 5.94. The molecule has 19 heavy (non-hydrogen) atoms. The number of hydrogen-bond acceptors (Lipinski definition) is 4. The molecule has 1 aromatic carbocycles. The Morgan fingerprint density at radius 2 is 2.21 bits per heavy atom. The van der Waals surface area contributed by atoms with E-state index in [0.717, 1.165) is 10.6 Å². The Hall–Kier alpha value is -1.20. The molecule has 0 radical (unpaired) electrons. The van der Waals surface area contributed by atoms with Gasteiger partial charge in [0.1, 0.15) is 10.8 Å². The lowest BCUT2D eigenvalue weighted by Gasteiger charge is -2.06. The number of halogens is 1. The summed E-state index contributed by atoms with van der Waals surface area (Å²) in [6, 6.07) is 5.01. The first-order chi connectivity index (χ1) is 9.04. The summed E-state index contributed by atoms with van der Waals surface area (Å²) in [7, 11) is 0. The van der Waals surface area contributed by atoms with Crippen molar-refractivity contribution in [1.82, 2.24) is 4.98 Å². The van der Waals surface area contributed by atoms with Crippen LogP contribution in [-0.2, 0) is 0 Å². The van der Waals surface area contributed by atoms with Crippen LogP contribution in [0.25, 0.3) is 10.6 Å². The lowest BCUT2D eigenvalue weighted by atomic mass is 10.2. The van der Waals surface area contributed by atoms with Crippen LogP contribution in [0.3, 0.4) is 0 Å². The number of aryl methyl sites for hydroxylation is 1. The molecule has 0 bridgehead atoms. The van der Waals surface area contributed by atoms with Crippen molar-refractivity contribution in [2.45, 2.75) is 25.7 Å². The van der Waals surface area contributed by atoms with Crippen molar-refractivity contribution in [3.63, 3.8) is 0 Å². The van der Waals surface area contributed by atoms with E-state index < -0.39 is 0 Å². The molecule has 2 aromatic rings. The van der Waals surface area contributed by atoms with Gasteiger partial charge in [-0.05, 0) is 24.8 Å². The Bertz CT molecular complexity index is 622. The molecule has 0 aliphatic heterocycles. The van der Waals surface area contributed by atoms with Crippen LogP contribution in [0.15, 0.2) is 23.1 Å². The number of aromatic nitrogens is 1. The van der Waals surface area contributed by atoms with Crippen LogP contribution in [0, 0.1) is 12.7 Å². The highest BCUT2D eigenvalue weighted by Crippen LogP contribution is 2.37. The van der Waals surface area contributed by atoms with Gasteiger partial charge in [0, 0.05) is 11.8 Å². The van der Waals surface area contributed by atoms with E-state index in [1.54, 1.807) is 24.8 Å². The summed E-state index contributed by atoms with van der Waals surface area (Å²) in [6.07, 6.45) is 0. The average Bonchev–Trinajstić information content (AvgIpc) is 2.71. The van der Waals surface area contributed by atoms with Gasteiger partial charge >= 0.3 is 0 Å². The summed E-state index contributed by atoms with van der Waals surface area (Å²) in [4.78, 5) is 17.3. The minimum absolute atomic E-state index is 0.0257. The monoisotopic (exact) mass is 295 g/mol. The van der Waals surface area contributed by atoms with Gasteiger partial charge in [-0.15, -0.1) is 23.1 Å². The largest absolute Gasteiger partial charge is 0.294 e. The summed E-state index contributed by atoms with van der Waals surface area (Å²) < 4.78 is 14.1. The first-order valence-corrected chi connectivity index (χ1v) is 7.74. The summed E-state index contributed by atoms with van der Waals surface area (Å²) in [5.41, 5.74) is 1.18. The number of benzene rings is 1. The van der Waals surface area contributed by atoms with E-state index in [-0.39, 0.29) is 11.6 Å². The van der Waals surface area contributed by atoms with Gasteiger partial charge in [-0.3, -0.25) is 4.79 Å². The van der Waals surface area contributed by atoms with Gasteiger partial charge in [0.25, 0.3) is 0 Å². The Morgan fingerprint density at radius 1 is 1.47 bits per heavy atom. The van der Waals surface area contributed by atoms with Crippen LogP contribution < -0.4 is 0 Å². The van der Waals surface area contributed by atoms with E-state index in [1.807, 2.05) is 13.0 Å². The van der Waals surface area contributed by atoms with Crippen LogP contribution in [0.1, 0.15) is 29.2 Å². The number of Topliss-reactive ketones (excluding diaryl/α,β-unsaturated/α-hetero) is 1. The van der Waals surface area contributed by atoms with Gasteiger partial charge in [0.15, 0.2) is 5.78 Å². The minimum atomic E-state index is -0.290. The number of ketones is 1. The van der Waals surface area contributed by atoms with Crippen molar-refractivity contribution in [1.29, 1.82) is 0 Å². The van der Waals surface area contributed by atoms with E-state index in [0.29, 0.717) is 21.1 Å².